The van der Waals surface area contributed by atoms with Gasteiger partial charge in [0.1, 0.15) is 5.75 Å². The van der Waals surface area contributed by atoms with Gasteiger partial charge in [-0.3, -0.25) is 4.98 Å². The Morgan fingerprint density at radius 1 is 1.26 bits per heavy atom. The third-order valence-corrected chi connectivity index (χ3v) is 2.90. The fourth-order valence-corrected chi connectivity index (χ4v) is 1.79. The normalized spacial score (nSPS) is 12.1. The summed E-state index contributed by atoms with van der Waals surface area (Å²) in [7, 11) is 1.65. The molecule has 19 heavy (non-hydrogen) atoms. The van der Waals surface area contributed by atoms with E-state index >= 15 is 0 Å². The Hall–Kier alpha value is -1.91. The Bertz CT molecular complexity index is 485. The van der Waals surface area contributed by atoms with Crippen LogP contribution in [0.15, 0.2) is 48.8 Å². The highest BCUT2D eigenvalue weighted by Gasteiger charge is 2.06. The first-order valence-electron chi connectivity index (χ1n) is 6.21. The fraction of sp³-hybridized carbons (Fsp3) is 0.267. The molecule has 0 aliphatic heterocycles. The fourth-order valence-electron chi connectivity index (χ4n) is 1.79. The lowest BCUT2D eigenvalue weighted by Crippen LogP contribution is -2.21. The van der Waals surface area contributed by atoms with E-state index in [9.17, 15) is 5.11 Å². The van der Waals surface area contributed by atoms with E-state index in [1.54, 1.807) is 19.5 Å². The highest BCUT2D eigenvalue weighted by atomic mass is 16.5. The summed E-state index contributed by atoms with van der Waals surface area (Å²) in [6.45, 7) is 1.21. The van der Waals surface area contributed by atoms with Crippen LogP contribution in [0, 0.1) is 0 Å². The molecule has 2 aromatic rings. The van der Waals surface area contributed by atoms with Crippen LogP contribution in [0.2, 0.25) is 0 Å². The van der Waals surface area contributed by atoms with Crippen LogP contribution in [0.3, 0.4) is 0 Å². The van der Waals surface area contributed by atoms with Crippen molar-refractivity contribution in [3.8, 4) is 5.75 Å². The van der Waals surface area contributed by atoms with E-state index in [1.165, 1.54) is 0 Å². The maximum Gasteiger partial charge on any atom is 0.118 e. The van der Waals surface area contributed by atoms with Gasteiger partial charge in [-0.25, -0.2) is 0 Å². The molecule has 0 aliphatic carbocycles. The molecule has 0 spiro atoms. The van der Waals surface area contributed by atoms with Gasteiger partial charge in [0.25, 0.3) is 0 Å². The molecule has 0 fully saturated rings. The number of aliphatic hydroxyl groups excluding tert-OH is 1. The van der Waals surface area contributed by atoms with Gasteiger partial charge in [-0.05, 0) is 23.8 Å². The molecule has 100 valence electrons. The van der Waals surface area contributed by atoms with Crippen molar-refractivity contribution in [1.82, 2.24) is 10.3 Å². The minimum absolute atomic E-state index is 0.498. The van der Waals surface area contributed by atoms with Crippen LogP contribution in [-0.4, -0.2) is 23.7 Å². The minimum atomic E-state index is -0.535. The Kier molecular flexibility index (Phi) is 4.89. The Balaban J connectivity index is 1.79. The van der Waals surface area contributed by atoms with Crippen molar-refractivity contribution in [3.05, 3.63) is 59.9 Å². The van der Waals surface area contributed by atoms with Gasteiger partial charge in [-0.15, -0.1) is 0 Å². The van der Waals surface area contributed by atoms with E-state index in [1.807, 2.05) is 36.4 Å². The molecule has 0 bridgehead atoms. The van der Waals surface area contributed by atoms with Crippen molar-refractivity contribution in [2.24, 2.45) is 0 Å². The van der Waals surface area contributed by atoms with Gasteiger partial charge in [0.2, 0.25) is 0 Å². The number of methoxy groups -OCH3 is 1. The number of aliphatic hydroxyl groups is 1. The Labute approximate surface area is 113 Å². The van der Waals surface area contributed by atoms with E-state index in [0.29, 0.717) is 13.1 Å². The molecule has 1 atom stereocenters. The first kappa shape index (κ1) is 13.5. The van der Waals surface area contributed by atoms with E-state index in [-0.39, 0.29) is 0 Å². The molecular weight excluding hydrogens is 240 g/mol. The lowest BCUT2D eigenvalue weighted by atomic mass is 10.1. The zero-order chi connectivity index (χ0) is 13.5. The minimum Gasteiger partial charge on any atom is -0.497 e. The quantitative estimate of drug-likeness (QED) is 0.831. The van der Waals surface area contributed by atoms with Crippen molar-refractivity contribution in [3.63, 3.8) is 0 Å². The van der Waals surface area contributed by atoms with E-state index in [2.05, 4.69) is 10.3 Å². The van der Waals surface area contributed by atoms with Gasteiger partial charge in [0, 0.05) is 31.0 Å². The lowest BCUT2D eigenvalue weighted by molar-refractivity contribution is 0.174. The second-order valence-electron chi connectivity index (χ2n) is 4.28. The zero-order valence-corrected chi connectivity index (χ0v) is 10.9. The lowest BCUT2D eigenvalue weighted by Gasteiger charge is -2.12. The summed E-state index contributed by atoms with van der Waals surface area (Å²) in [5, 5.41) is 13.2. The van der Waals surface area contributed by atoms with Gasteiger partial charge in [0.05, 0.1) is 13.2 Å². The zero-order valence-electron chi connectivity index (χ0n) is 10.9. The average Bonchev–Trinajstić information content (AvgIpc) is 2.49. The van der Waals surface area contributed by atoms with Crippen LogP contribution >= 0.6 is 0 Å². The van der Waals surface area contributed by atoms with Crippen molar-refractivity contribution in [2.75, 3.05) is 13.7 Å². The van der Waals surface area contributed by atoms with Crippen molar-refractivity contribution in [1.29, 1.82) is 0 Å². The second-order valence-corrected chi connectivity index (χ2v) is 4.28. The Morgan fingerprint density at radius 2 is 2.05 bits per heavy atom. The highest BCUT2D eigenvalue weighted by molar-refractivity contribution is 5.27. The molecule has 0 saturated heterocycles. The van der Waals surface area contributed by atoms with E-state index < -0.39 is 6.10 Å². The SMILES string of the molecule is COc1ccc(CNC[C@H](O)c2cccnc2)cc1. The summed E-state index contributed by atoms with van der Waals surface area (Å²) < 4.78 is 5.10. The van der Waals surface area contributed by atoms with Gasteiger partial charge in [-0.1, -0.05) is 18.2 Å². The van der Waals surface area contributed by atoms with Crippen LogP contribution in [-0.2, 0) is 6.54 Å². The molecule has 1 aromatic carbocycles. The number of nitrogens with one attached hydrogen (secondary N) is 1. The first-order chi connectivity index (χ1) is 9.29. The number of aromatic nitrogens is 1. The van der Waals surface area contributed by atoms with Crippen LogP contribution in [0.4, 0.5) is 0 Å². The summed E-state index contributed by atoms with van der Waals surface area (Å²) in [4.78, 5) is 3.99. The molecule has 4 heteroatoms. The number of ether oxygens (including phenoxy) is 1. The topological polar surface area (TPSA) is 54.4 Å². The predicted octanol–water partition coefficient (Wildman–Crippen LogP) is 1.91. The van der Waals surface area contributed by atoms with Crippen LogP contribution < -0.4 is 10.1 Å². The smallest absolute Gasteiger partial charge is 0.118 e. The molecule has 0 aliphatic rings. The van der Waals surface area contributed by atoms with Crippen LogP contribution in [0.5, 0.6) is 5.75 Å². The summed E-state index contributed by atoms with van der Waals surface area (Å²) in [5.41, 5.74) is 1.98. The summed E-state index contributed by atoms with van der Waals surface area (Å²) in [6, 6.07) is 11.5. The second kappa shape index (κ2) is 6.87. The van der Waals surface area contributed by atoms with Gasteiger partial charge in [-0.2, -0.15) is 0 Å². The van der Waals surface area contributed by atoms with E-state index in [4.69, 9.17) is 4.74 Å². The third kappa shape index (κ3) is 4.05. The number of rotatable bonds is 6. The van der Waals surface area contributed by atoms with Gasteiger partial charge in [0.15, 0.2) is 0 Å². The predicted molar refractivity (Wildman–Crippen MR) is 73.9 cm³/mol. The monoisotopic (exact) mass is 258 g/mol. The summed E-state index contributed by atoms with van der Waals surface area (Å²) >= 11 is 0. The Morgan fingerprint density at radius 3 is 2.68 bits per heavy atom. The first-order valence-corrected chi connectivity index (χ1v) is 6.21. The molecule has 0 unspecified atom stereocenters. The third-order valence-electron chi connectivity index (χ3n) is 2.90. The van der Waals surface area contributed by atoms with Gasteiger partial charge >= 0.3 is 0 Å². The standard InChI is InChI=1S/C15H18N2O2/c1-19-14-6-4-12(5-7-14)9-17-11-15(18)13-3-2-8-16-10-13/h2-8,10,15,17-18H,9,11H2,1H3/t15-/m0/s1. The van der Waals surface area contributed by atoms with Crippen LogP contribution in [0.1, 0.15) is 17.2 Å². The van der Waals surface area contributed by atoms with Crippen molar-refractivity contribution < 1.29 is 9.84 Å². The number of hydrogen-bond acceptors (Lipinski definition) is 4. The van der Waals surface area contributed by atoms with Crippen LogP contribution in [0.25, 0.3) is 0 Å². The number of nitrogens with zero attached hydrogens (tertiary/aromatic N) is 1. The molecule has 2 rings (SSSR count). The maximum absolute atomic E-state index is 9.96. The molecule has 0 amide bonds. The largest absolute Gasteiger partial charge is 0.497 e. The summed E-state index contributed by atoms with van der Waals surface area (Å²) in [5.74, 6) is 0.846. The van der Waals surface area contributed by atoms with Crippen molar-refractivity contribution >= 4 is 0 Å². The number of benzene rings is 1. The molecule has 0 radical (unpaired) electrons. The molecular formula is C15H18N2O2. The highest BCUT2D eigenvalue weighted by Crippen LogP contribution is 2.12. The average molecular weight is 258 g/mol. The molecule has 4 nitrogen and oxygen atoms in total. The van der Waals surface area contributed by atoms with Crippen molar-refractivity contribution in [2.45, 2.75) is 12.6 Å². The molecule has 1 heterocycles. The molecule has 1 aromatic heterocycles. The van der Waals surface area contributed by atoms with Gasteiger partial charge < -0.3 is 15.2 Å². The molecule has 2 N–H and O–H groups in total. The summed E-state index contributed by atoms with van der Waals surface area (Å²) in [6.07, 6.45) is 2.84. The molecule has 0 saturated carbocycles. The van der Waals surface area contributed by atoms with E-state index in [0.717, 1.165) is 16.9 Å². The maximum atomic E-state index is 9.96. The number of pyridine rings is 1. The number of hydrogen-bond donors (Lipinski definition) is 2.